The molecule has 0 saturated heterocycles. The second-order valence-electron chi connectivity index (χ2n) is 12.6. The number of fused-ring (bicyclic) bond motifs is 4. The zero-order valence-corrected chi connectivity index (χ0v) is 27.8. The summed E-state index contributed by atoms with van der Waals surface area (Å²) < 4.78 is 21.8. The van der Waals surface area contributed by atoms with E-state index in [1.165, 1.54) is 25.7 Å². The second-order valence-corrected chi connectivity index (χ2v) is 12.6. The van der Waals surface area contributed by atoms with Gasteiger partial charge in [-0.3, -0.25) is 4.98 Å². The number of pyridine rings is 1. The first kappa shape index (κ1) is 35.7. The largest absolute Gasteiger partial charge is 0.460 e. The quantitative estimate of drug-likeness (QED) is 0.200. The van der Waals surface area contributed by atoms with E-state index < -0.39 is 11.9 Å². The van der Waals surface area contributed by atoms with Crippen molar-refractivity contribution in [3.63, 3.8) is 0 Å². The number of aromatic nitrogens is 1. The van der Waals surface area contributed by atoms with E-state index in [-0.39, 0.29) is 38.5 Å². The Morgan fingerprint density at radius 3 is 1.53 bits per heavy atom. The first-order valence-electron chi connectivity index (χ1n) is 17.4. The molecule has 0 radical (unpaired) electrons. The number of rotatable bonds is 12. The van der Waals surface area contributed by atoms with Gasteiger partial charge in [0.15, 0.2) is 0 Å². The smallest absolute Gasteiger partial charge is 0.340 e. The molecule has 2 heterocycles. The predicted molar refractivity (Wildman–Crippen MR) is 174 cm³/mol. The van der Waals surface area contributed by atoms with Crippen molar-refractivity contribution < 1.29 is 28.5 Å². The van der Waals surface area contributed by atoms with E-state index >= 15 is 0 Å². The van der Waals surface area contributed by atoms with Gasteiger partial charge in [-0.1, -0.05) is 45.4 Å². The first-order chi connectivity index (χ1) is 22.1. The van der Waals surface area contributed by atoms with E-state index in [0.29, 0.717) is 59.7 Å². The molecule has 11 heteroatoms. The fourth-order valence-electron chi connectivity index (χ4n) is 7.08. The summed E-state index contributed by atoms with van der Waals surface area (Å²) in [6.45, 7) is 5.62. The maximum absolute atomic E-state index is 13.9. The molecule has 1 aliphatic heterocycles. The molecule has 45 heavy (non-hydrogen) atoms. The molecule has 254 valence electrons. The Labute approximate surface area is 269 Å². The van der Waals surface area contributed by atoms with E-state index in [1.54, 1.807) is 14.2 Å². The van der Waals surface area contributed by atoms with Crippen LogP contribution in [0.4, 0.5) is 0 Å². The number of carbonyl (C=O) groups excluding carboxylic acids is 2. The normalized spacial score (nSPS) is 24.4. The predicted octanol–water partition coefficient (Wildman–Crippen LogP) is 3.42. The van der Waals surface area contributed by atoms with Crippen molar-refractivity contribution in [2.45, 2.75) is 121 Å². The van der Waals surface area contributed by atoms with Crippen molar-refractivity contribution in [1.82, 2.24) is 26.3 Å². The highest BCUT2D eigenvalue weighted by Crippen LogP contribution is 2.28. The number of carbonyl (C=O) groups is 2. The summed E-state index contributed by atoms with van der Waals surface area (Å²) in [5, 5.41) is 15.2. The molecule has 0 amide bonds. The molecule has 2 fully saturated rings. The maximum Gasteiger partial charge on any atom is 0.340 e. The van der Waals surface area contributed by atoms with Crippen molar-refractivity contribution in [1.29, 1.82) is 0 Å². The van der Waals surface area contributed by atoms with Crippen LogP contribution in [0.2, 0.25) is 0 Å². The molecule has 4 rings (SSSR count). The van der Waals surface area contributed by atoms with E-state index in [1.807, 2.05) is 0 Å². The minimum absolute atomic E-state index is 0.123. The molecule has 1 aromatic heterocycles. The van der Waals surface area contributed by atoms with Crippen LogP contribution >= 0.6 is 0 Å². The fraction of sp³-hybridized carbons (Fsp3) is 0.794. The monoisotopic (exact) mass is 631 g/mol. The van der Waals surface area contributed by atoms with Gasteiger partial charge in [-0.2, -0.15) is 0 Å². The molecule has 11 nitrogen and oxygen atoms in total. The van der Waals surface area contributed by atoms with Crippen LogP contribution in [0.5, 0.6) is 0 Å². The third-order valence-electron chi connectivity index (χ3n) is 9.46. The number of nitrogens with one attached hydrogen (secondary N) is 4. The minimum atomic E-state index is -0.471. The van der Waals surface area contributed by atoms with Crippen LogP contribution < -0.4 is 21.3 Å². The number of hydrogen-bond acceptors (Lipinski definition) is 11. The van der Waals surface area contributed by atoms with Gasteiger partial charge in [-0.25, -0.2) is 9.59 Å². The van der Waals surface area contributed by atoms with Crippen LogP contribution in [0.3, 0.4) is 0 Å². The van der Waals surface area contributed by atoms with Crippen LogP contribution in [0.25, 0.3) is 0 Å². The molecular weight excluding hydrogens is 574 g/mol. The second kappa shape index (κ2) is 19.5. The SMILES string of the molecule is CCCCCc1c(C(=O)OCCOC)c2nc(c1C(=O)OCCOC)CN[C@@H]1CCCC[C@H]1NCCN[C@@H]1CCCC[C@H]1NC2. The minimum Gasteiger partial charge on any atom is -0.460 e. The van der Waals surface area contributed by atoms with Crippen molar-refractivity contribution in [2.24, 2.45) is 0 Å². The van der Waals surface area contributed by atoms with Crippen LogP contribution in [-0.2, 0) is 38.5 Å². The third-order valence-corrected chi connectivity index (χ3v) is 9.46. The lowest BCUT2D eigenvalue weighted by Crippen LogP contribution is -2.53. The Bertz CT molecular complexity index is 998. The lowest BCUT2D eigenvalue weighted by molar-refractivity contribution is 0.0379. The van der Waals surface area contributed by atoms with Crippen LogP contribution in [-0.4, -0.2) is 94.8 Å². The average molecular weight is 632 g/mol. The molecule has 3 aliphatic rings. The van der Waals surface area contributed by atoms with Gasteiger partial charge in [-0.15, -0.1) is 0 Å². The summed E-state index contributed by atoms with van der Waals surface area (Å²) in [6, 6.07) is 1.21. The van der Waals surface area contributed by atoms with Gasteiger partial charge in [0.2, 0.25) is 0 Å². The summed E-state index contributed by atoms with van der Waals surface area (Å²) in [5.41, 5.74) is 2.72. The Hall–Kier alpha value is -2.15. The van der Waals surface area contributed by atoms with Gasteiger partial charge in [0, 0.05) is 64.6 Å². The summed E-state index contributed by atoms with van der Waals surface area (Å²) in [5.74, 6) is -0.942. The van der Waals surface area contributed by atoms with Gasteiger partial charge in [0.05, 0.1) is 35.7 Å². The maximum atomic E-state index is 13.9. The number of ether oxygens (including phenoxy) is 4. The van der Waals surface area contributed by atoms with E-state index in [9.17, 15) is 9.59 Å². The van der Waals surface area contributed by atoms with E-state index in [4.69, 9.17) is 23.9 Å². The lowest BCUT2D eigenvalue weighted by Gasteiger charge is -2.34. The summed E-state index contributed by atoms with van der Waals surface area (Å²) in [6.07, 6.45) is 12.5. The lowest BCUT2D eigenvalue weighted by atomic mass is 9.89. The van der Waals surface area contributed by atoms with Crippen molar-refractivity contribution >= 4 is 11.9 Å². The Morgan fingerprint density at radius 2 is 1.11 bits per heavy atom. The standard InChI is InChI=1S/C34H57N5O6/c1-4-5-6-11-24-31(33(40)44-20-18-42-2)29-22-37-27-14-9-7-12-25(27)35-16-17-36-26-13-8-10-15-28(26)38-23-30(39-29)32(24)34(41)45-21-19-43-3/h25-28,35-38H,4-23H2,1-3H3/t25-,26-,27-,28-/m1/s1. The van der Waals surface area contributed by atoms with Gasteiger partial charge >= 0.3 is 11.9 Å². The van der Waals surface area contributed by atoms with Crippen molar-refractivity contribution in [3.05, 3.63) is 28.1 Å². The molecule has 2 aliphatic carbocycles. The zero-order chi connectivity index (χ0) is 31.9. The molecule has 0 unspecified atom stereocenters. The van der Waals surface area contributed by atoms with Crippen LogP contribution in [0, 0.1) is 0 Å². The zero-order valence-electron chi connectivity index (χ0n) is 27.8. The van der Waals surface area contributed by atoms with Crippen molar-refractivity contribution in [2.75, 3.05) is 53.7 Å². The fourth-order valence-corrected chi connectivity index (χ4v) is 7.08. The summed E-state index contributed by atoms with van der Waals surface area (Å²) in [7, 11) is 3.16. The summed E-state index contributed by atoms with van der Waals surface area (Å²) >= 11 is 0. The van der Waals surface area contributed by atoms with Gasteiger partial charge < -0.3 is 40.2 Å². The molecular formula is C34H57N5O6. The van der Waals surface area contributed by atoms with E-state index in [0.717, 1.165) is 58.0 Å². The van der Waals surface area contributed by atoms with Crippen LogP contribution in [0.1, 0.15) is 115 Å². The Morgan fingerprint density at radius 1 is 0.667 bits per heavy atom. The highest BCUT2D eigenvalue weighted by molar-refractivity contribution is 5.99. The van der Waals surface area contributed by atoms with Crippen molar-refractivity contribution in [3.8, 4) is 0 Å². The highest BCUT2D eigenvalue weighted by atomic mass is 16.6. The molecule has 0 spiro atoms. The van der Waals surface area contributed by atoms with Crippen LogP contribution in [0.15, 0.2) is 0 Å². The first-order valence-corrected chi connectivity index (χ1v) is 17.4. The number of esters is 2. The van der Waals surface area contributed by atoms with Gasteiger partial charge in [-0.05, 0) is 44.1 Å². The third kappa shape index (κ3) is 10.4. The topological polar surface area (TPSA) is 132 Å². The summed E-state index contributed by atoms with van der Waals surface area (Å²) in [4.78, 5) is 32.8. The van der Waals surface area contributed by atoms with Gasteiger partial charge in [0.1, 0.15) is 13.2 Å². The molecule has 4 atom stereocenters. The van der Waals surface area contributed by atoms with E-state index in [2.05, 4.69) is 28.2 Å². The number of methoxy groups -OCH3 is 2. The molecule has 0 aromatic carbocycles. The average Bonchev–Trinajstić information content (AvgIpc) is 3.05. The molecule has 2 bridgehead atoms. The molecule has 1 aromatic rings. The number of hydrogen-bond donors (Lipinski definition) is 4. The molecule has 4 N–H and O–H groups in total. The Kier molecular flexibility index (Phi) is 15.5. The van der Waals surface area contributed by atoms with Gasteiger partial charge in [0.25, 0.3) is 0 Å². The molecule has 2 saturated carbocycles. The number of nitrogens with zero attached hydrogens (tertiary/aromatic N) is 1. The number of unbranched alkanes of at least 4 members (excludes halogenated alkanes) is 2. The highest BCUT2D eigenvalue weighted by Gasteiger charge is 2.32. The Balaban J connectivity index is 1.81.